The molecule has 1 saturated carbocycles. The number of aromatic nitrogens is 3. The molecule has 0 spiro atoms. The first-order valence-electron chi connectivity index (χ1n) is 9.19. The summed E-state index contributed by atoms with van der Waals surface area (Å²) in [6, 6.07) is 7.87. The van der Waals surface area contributed by atoms with Gasteiger partial charge in [0.15, 0.2) is 5.65 Å². The van der Waals surface area contributed by atoms with Crippen LogP contribution in [-0.2, 0) is 16.0 Å². The summed E-state index contributed by atoms with van der Waals surface area (Å²) in [7, 11) is 0. The second kappa shape index (κ2) is 6.33. The number of carbonyl (C=O) groups is 2. The van der Waals surface area contributed by atoms with Gasteiger partial charge in [-0.15, -0.1) is 0 Å². The maximum atomic E-state index is 12.3. The van der Waals surface area contributed by atoms with E-state index in [4.69, 9.17) is 4.98 Å². The molecule has 7 nitrogen and oxygen atoms in total. The Morgan fingerprint density at radius 1 is 1.26 bits per heavy atom. The smallest absolute Gasteiger partial charge is 0.329 e. The molecular weight excluding hydrogens is 344 g/mol. The molecule has 7 heteroatoms. The SMILES string of the molecule is Cc1nc2c3ccccc3nn2c(C)c1CCC(=O)NC1(C(=O)O)CCC1. The summed E-state index contributed by atoms with van der Waals surface area (Å²) in [5.74, 6) is -1.18. The summed E-state index contributed by atoms with van der Waals surface area (Å²) in [6.07, 6.45) is 2.56. The first-order valence-corrected chi connectivity index (χ1v) is 9.19. The Balaban J connectivity index is 1.58. The van der Waals surface area contributed by atoms with E-state index in [2.05, 4.69) is 10.4 Å². The zero-order valence-electron chi connectivity index (χ0n) is 15.5. The van der Waals surface area contributed by atoms with Crippen molar-refractivity contribution in [2.45, 2.75) is 51.5 Å². The molecule has 0 unspecified atom stereocenters. The molecule has 0 saturated heterocycles. The second-order valence-corrected chi connectivity index (χ2v) is 7.30. The molecular formula is C20H22N4O3. The van der Waals surface area contributed by atoms with Gasteiger partial charge in [0.1, 0.15) is 5.54 Å². The topological polar surface area (TPSA) is 96.6 Å². The Hall–Kier alpha value is -2.96. The lowest BCUT2D eigenvalue weighted by Crippen LogP contribution is -2.59. The largest absolute Gasteiger partial charge is 0.480 e. The van der Waals surface area contributed by atoms with Crippen molar-refractivity contribution in [1.82, 2.24) is 19.9 Å². The van der Waals surface area contributed by atoms with Crippen molar-refractivity contribution >= 4 is 28.4 Å². The lowest BCUT2D eigenvalue weighted by atomic mass is 9.76. The van der Waals surface area contributed by atoms with Crippen LogP contribution in [0.15, 0.2) is 24.3 Å². The second-order valence-electron chi connectivity index (χ2n) is 7.30. The molecule has 1 fully saturated rings. The minimum absolute atomic E-state index is 0.227. The quantitative estimate of drug-likeness (QED) is 0.723. The number of aliphatic carboxylic acids is 1. The van der Waals surface area contributed by atoms with Gasteiger partial charge in [0, 0.05) is 23.2 Å². The van der Waals surface area contributed by atoms with Crippen LogP contribution in [-0.4, -0.2) is 37.1 Å². The van der Waals surface area contributed by atoms with E-state index >= 15 is 0 Å². The highest BCUT2D eigenvalue weighted by Gasteiger charge is 2.45. The number of fused-ring (bicyclic) bond motifs is 3. The van der Waals surface area contributed by atoms with Gasteiger partial charge in [-0.1, -0.05) is 12.1 Å². The van der Waals surface area contributed by atoms with Crippen LogP contribution in [0.5, 0.6) is 0 Å². The third kappa shape index (κ3) is 2.83. The van der Waals surface area contributed by atoms with Gasteiger partial charge in [0.25, 0.3) is 0 Å². The van der Waals surface area contributed by atoms with Gasteiger partial charge in [-0.05, 0) is 57.2 Å². The molecule has 27 heavy (non-hydrogen) atoms. The Morgan fingerprint density at radius 2 is 2.00 bits per heavy atom. The van der Waals surface area contributed by atoms with Crippen LogP contribution in [0.2, 0.25) is 0 Å². The van der Waals surface area contributed by atoms with Crippen LogP contribution in [0, 0.1) is 13.8 Å². The Kier molecular flexibility index (Phi) is 4.09. The van der Waals surface area contributed by atoms with E-state index in [0.29, 0.717) is 19.3 Å². The number of carboxylic acids is 1. The minimum Gasteiger partial charge on any atom is -0.480 e. The predicted octanol–water partition coefficient (Wildman–Crippen LogP) is 2.56. The van der Waals surface area contributed by atoms with Crippen LogP contribution in [0.4, 0.5) is 0 Å². The number of nitrogens with zero attached hydrogens (tertiary/aromatic N) is 3. The molecule has 0 radical (unpaired) electrons. The molecule has 0 atom stereocenters. The number of rotatable bonds is 5. The molecule has 0 bridgehead atoms. The molecule has 140 valence electrons. The van der Waals surface area contributed by atoms with Crippen LogP contribution >= 0.6 is 0 Å². The van der Waals surface area contributed by atoms with Crippen molar-refractivity contribution in [2.75, 3.05) is 0 Å². The maximum absolute atomic E-state index is 12.3. The van der Waals surface area contributed by atoms with Crippen molar-refractivity contribution in [3.63, 3.8) is 0 Å². The third-order valence-electron chi connectivity index (χ3n) is 5.62. The monoisotopic (exact) mass is 366 g/mol. The highest BCUT2D eigenvalue weighted by molar-refractivity contribution is 5.92. The third-order valence-corrected chi connectivity index (χ3v) is 5.62. The van der Waals surface area contributed by atoms with Crippen molar-refractivity contribution in [1.29, 1.82) is 0 Å². The molecule has 1 aliphatic carbocycles. The molecule has 3 aromatic rings. The molecule has 0 aliphatic heterocycles. The van der Waals surface area contributed by atoms with Crippen molar-refractivity contribution < 1.29 is 14.7 Å². The van der Waals surface area contributed by atoms with Gasteiger partial charge in [-0.25, -0.2) is 14.3 Å². The van der Waals surface area contributed by atoms with E-state index in [1.165, 1.54) is 0 Å². The van der Waals surface area contributed by atoms with Gasteiger partial charge in [0.05, 0.1) is 5.52 Å². The van der Waals surface area contributed by atoms with E-state index < -0.39 is 11.5 Å². The number of carboxylic acid groups (broad SMARTS) is 1. The highest BCUT2D eigenvalue weighted by atomic mass is 16.4. The number of carbonyl (C=O) groups excluding carboxylic acids is 1. The fourth-order valence-corrected chi connectivity index (χ4v) is 3.83. The van der Waals surface area contributed by atoms with Crippen LogP contribution in [0.3, 0.4) is 0 Å². The number of aryl methyl sites for hydroxylation is 2. The predicted molar refractivity (Wildman–Crippen MR) is 101 cm³/mol. The molecule has 1 aliphatic rings. The van der Waals surface area contributed by atoms with Gasteiger partial charge in [-0.3, -0.25) is 4.79 Å². The van der Waals surface area contributed by atoms with Gasteiger partial charge < -0.3 is 10.4 Å². The maximum Gasteiger partial charge on any atom is 0.329 e. The van der Waals surface area contributed by atoms with Crippen molar-refractivity contribution in [2.24, 2.45) is 0 Å². The van der Waals surface area contributed by atoms with Crippen LogP contribution < -0.4 is 5.32 Å². The Labute approximate surface area is 156 Å². The number of nitrogens with one attached hydrogen (secondary N) is 1. The molecule has 4 rings (SSSR count). The van der Waals surface area contributed by atoms with E-state index in [1.807, 2.05) is 42.6 Å². The summed E-state index contributed by atoms with van der Waals surface area (Å²) in [5.41, 5.74) is 3.43. The molecule has 2 heterocycles. The van der Waals surface area contributed by atoms with E-state index in [-0.39, 0.29) is 12.3 Å². The van der Waals surface area contributed by atoms with E-state index in [1.54, 1.807) is 0 Å². The summed E-state index contributed by atoms with van der Waals surface area (Å²) < 4.78 is 1.83. The van der Waals surface area contributed by atoms with Gasteiger partial charge >= 0.3 is 5.97 Å². The summed E-state index contributed by atoms with van der Waals surface area (Å²) in [5, 5.41) is 17.7. The zero-order valence-corrected chi connectivity index (χ0v) is 15.5. The van der Waals surface area contributed by atoms with E-state index in [9.17, 15) is 14.7 Å². The summed E-state index contributed by atoms with van der Waals surface area (Å²) in [6.45, 7) is 3.91. The highest BCUT2D eigenvalue weighted by Crippen LogP contribution is 2.32. The fraction of sp³-hybridized carbons (Fsp3) is 0.400. The number of benzene rings is 1. The Bertz CT molecular complexity index is 1070. The first kappa shape index (κ1) is 17.5. The molecule has 2 aromatic heterocycles. The lowest BCUT2D eigenvalue weighted by molar-refractivity contribution is -0.151. The average Bonchev–Trinajstić information content (AvgIpc) is 2.96. The molecule has 2 N–H and O–H groups in total. The summed E-state index contributed by atoms with van der Waals surface area (Å²) >= 11 is 0. The number of hydrogen-bond acceptors (Lipinski definition) is 4. The van der Waals surface area contributed by atoms with Crippen molar-refractivity contribution in [3.05, 3.63) is 41.2 Å². The normalized spacial score (nSPS) is 15.6. The summed E-state index contributed by atoms with van der Waals surface area (Å²) in [4.78, 5) is 28.5. The van der Waals surface area contributed by atoms with E-state index in [0.717, 1.165) is 39.9 Å². The molecule has 1 aromatic carbocycles. The number of amides is 1. The standard InChI is InChI=1S/C20H22N4O3/c1-12-14(8-9-17(25)22-20(19(26)27)10-5-11-20)13(2)24-18(21-12)15-6-3-4-7-16(15)23-24/h3-4,6-7H,5,8-11H2,1-2H3,(H,22,25)(H,26,27). The fourth-order valence-electron chi connectivity index (χ4n) is 3.83. The average molecular weight is 366 g/mol. The first-order chi connectivity index (χ1) is 12.9. The Morgan fingerprint density at radius 3 is 2.67 bits per heavy atom. The lowest BCUT2D eigenvalue weighted by Gasteiger charge is -2.38. The number of hydrogen-bond donors (Lipinski definition) is 2. The van der Waals surface area contributed by atoms with Crippen LogP contribution in [0.1, 0.15) is 42.6 Å². The van der Waals surface area contributed by atoms with Crippen LogP contribution in [0.25, 0.3) is 16.6 Å². The van der Waals surface area contributed by atoms with Crippen molar-refractivity contribution in [3.8, 4) is 0 Å². The molecule has 1 amide bonds. The van der Waals surface area contributed by atoms with Gasteiger partial charge in [0.2, 0.25) is 5.91 Å². The van der Waals surface area contributed by atoms with Gasteiger partial charge in [-0.2, -0.15) is 5.10 Å². The zero-order chi connectivity index (χ0) is 19.2. The minimum atomic E-state index is -1.07.